The van der Waals surface area contributed by atoms with Crippen LogP contribution in [0.25, 0.3) is 10.8 Å². The molecule has 162 valence electrons. The molecule has 1 amide bonds. The zero-order chi connectivity index (χ0) is 22.2. The number of carbonyl (C=O) groups excluding carboxylic acids is 1. The van der Waals surface area contributed by atoms with Crippen molar-refractivity contribution in [1.82, 2.24) is 5.43 Å². The van der Waals surface area contributed by atoms with Crippen molar-refractivity contribution < 1.29 is 19.0 Å². The molecule has 0 heterocycles. The highest BCUT2D eigenvalue weighted by atomic mass is 79.9. The SMILES string of the molecule is CCOc1ccc(OC)cc1/C=N\NC(=O)[C@H](CC)Oc1ccc2ccccc2c1Br. The first-order valence-corrected chi connectivity index (χ1v) is 10.8. The minimum Gasteiger partial charge on any atom is -0.497 e. The topological polar surface area (TPSA) is 69.2 Å². The first kappa shape index (κ1) is 22.6. The van der Waals surface area contributed by atoms with Gasteiger partial charge in [-0.25, -0.2) is 5.43 Å². The third-order valence-electron chi connectivity index (χ3n) is 4.66. The van der Waals surface area contributed by atoms with Gasteiger partial charge in [-0.15, -0.1) is 0 Å². The predicted molar refractivity (Wildman–Crippen MR) is 126 cm³/mol. The second-order valence-electron chi connectivity index (χ2n) is 6.68. The lowest BCUT2D eigenvalue weighted by molar-refractivity contribution is -0.128. The number of nitrogens with one attached hydrogen (secondary N) is 1. The summed E-state index contributed by atoms with van der Waals surface area (Å²) in [7, 11) is 1.59. The number of hydrogen-bond acceptors (Lipinski definition) is 5. The first-order chi connectivity index (χ1) is 15.1. The first-order valence-electron chi connectivity index (χ1n) is 10.0. The molecule has 31 heavy (non-hydrogen) atoms. The summed E-state index contributed by atoms with van der Waals surface area (Å²) < 4.78 is 17.7. The zero-order valence-electron chi connectivity index (χ0n) is 17.7. The Kier molecular flexibility index (Phi) is 7.89. The summed E-state index contributed by atoms with van der Waals surface area (Å²) in [4.78, 5) is 12.7. The van der Waals surface area contributed by atoms with Crippen molar-refractivity contribution in [2.24, 2.45) is 5.10 Å². The monoisotopic (exact) mass is 484 g/mol. The maximum absolute atomic E-state index is 12.7. The fraction of sp³-hybridized carbons (Fsp3) is 0.250. The Hall–Kier alpha value is -3.06. The van der Waals surface area contributed by atoms with Crippen LogP contribution in [0, 0.1) is 0 Å². The normalized spacial score (nSPS) is 12.0. The van der Waals surface area contributed by atoms with Crippen molar-refractivity contribution in [2.75, 3.05) is 13.7 Å². The van der Waals surface area contributed by atoms with E-state index in [1.165, 1.54) is 6.21 Å². The Morgan fingerprint density at radius 1 is 1.13 bits per heavy atom. The van der Waals surface area contributed by atoms with Crippen LogP contribution in [0.2, 0.25) is 0 Å². The summed E-state index contributed by atoms with van der Waals surface area (Å²) in [6.07, 6.45) is 1.33. The second kappa shape index (κ2) is 10.8. The van der Waals surface area contributed by atoms with E-state index in [4.69, 9.17) is 14.2 Å². The largest absolute Gasteiger partial charge is 0.497 e. The summed E-state index contributed by atoms with van der Waals surface area (Å²) in [5.41, 5.74) is 3.26. The van der Waals surface area contributed by atoms with E-state index in [9.17, 15) is 4.79 Å². The number of fused-ring (bicyclic) bond motifs is 1. The van der Waals surface area contributed by atoms with Gasteiger partial charge in [0.05, 0.1) is 24.4 Å². The summed E-state index contributed by atoms with van der Waals surface area (Å²) in [6.45, 7) is 4.31. The van der Waals surface area contributed by atoms with Crippen LogP contribution < -0.4 is 19.6 Å². The molecule has 3 aromatic rings. The molecule has 0 bridgehead atoms. The summed E-state index contributed by atoms with van der Waals surface area (Å²) >= 11 is 3.60. The van der Waals surface area contributed by atoms with Gasteiger partial charge in [-0.1, -0.05) is 37.3 Å². The maximum atomic E-state index is 12.7. The van der Waals surface area contributed by atoms with Gasteiger partial charge in [-0.3, -0.25) is 4.79 Å². The lowest BCUT2D eigenvalue weighted by Gasteiger charge is -2.17. The van der Waals surface area contributed by atoms with Crippen LogP contribution >= 0.6 is 15.9 Å². The average Bonchev–Trinajstić information content (AvgIpc) is 2.80. The number of methoxy groups -OCH3 is 1. The number of halogens is 1. The minimum absolute atomic E-state index is 0.334. The standard InChI is InChI=1S/C24H25BrN2O4/c1-4-20(31-22-12-10-16-8-6-7-9-19(16)23(22)25)24(28)27-26-15-17-14-18(29-3)11-13-21(17)30-5-2/h6-15,20H,4-5H2,1-3H3,(H,27,28)/b26-15-/t20-/m0/s1. The molecule has 0 fully saturated rings. The van der Waals surface area contributed by atoms with Crippen LogP contribution in [0.3, 0.4) is 0 Å². The molecule has 1 atom stereocenters. The Balaban J connectivity index is 1.71. The van der Waals surface area contributed by atoms with Gasteiger partial charge in [0, 0.05) is 5.56 Å². The number of rotatable bonds is 9. The predicted octanol–water partition coefficient (Wildman–Crippen LogP) is 5.32. The quantitative estimate of drug-likeness (QED) is 0.329. The number of hydrogen-bond donors (Lipinski definition) is 1. The third kappa shape index (κ3) is 5.55. The molecule has 6 nitrogen and oxygen atoms in total. The zero-order valence-corrected chi connectivity index (χ0v) is 19.3. The molecule has 7 heteroatoms. The third-order valence-corrected chi connectivity index (χ3v) is 5.47. The number of carbonyl (C=O) groups is 1. The van der Waals surface area contributed by atoms with E-state index in [0.717, 1.165) is 15.2 Å². The lowest BCUT2D eigenvalue weighted by Crippen LogP contribution is -2.35. The Morgan fingerprint density at radius 2 is 1.90 bits per heavy atom. The average molecular weight is 485 g/mol. The van der Waals surface area contributed by atoms with Crippen molar-refractivity contribution >= 4 is 38.8 Å². The lowest BCUT2D eigenvalue weighted by atomic mass is 10.1. The fourth-order valence-electron chi connectivity index (χ4n) is 3.06. The van der Waals surface area contributed by atoms with Gasteiger partial charge in [0.1, 0.15) is 17.2 Å². The summed E-state index contributed by atoms with van der Waals surface area (Å²) in [5, 5.41) is 6.20. The molecular formula is C24H25BrN2O4. The summed E-state index contributed by atoms with van der Waals surface area (Å²) in [6, 6.07) is 17.2. The molecule has 0 unspecified atom stereocenters. The van der Waals surface area contributed by atoms with E-state index < -0.39 is 6.10 Å². The van der Waals surface area contributed by atoms with Crippen molar-refractivity contribution in [2.45, 2.75) is 26.4 Å². The van der Waals surface area contributed by atoms with E-state index in [0.29, 0.717) is 35.8 Å². The van der Waals surface area contributed by atoms with Crippen LogP contribution in [0.4, 0.5) is 0 Å². The van der Waals surface area contributed by atoms with Crippen LogP contribution in [0.1, 0.15) is 25.8 Å². The van der Waals surface area contributed by atoms with Gasteiger partial charge in [0.2, 0.25) is 0 Å². The number of hydrazone groups is 1. The van der Waals surface area contributed by atoms with Gasteiger partial charge >= 0.3 is 0 Å². The molecule has 1 N–H and O–H groups in total. The van der Waals surface area contributed by atoms with E-state index >= 15 is 0 Å². The molecule has 3 aromatic carbocycles. The fourth-order valence-corrected chi connectivity index (χ4v) is 3.65. The van der Waals surface area contributed by atoms with Gasteiger partial charge < -0.3 is 14.2 Å². The number of benzene rings is 3. The van der Waals surface area contributed by atoms with E-state index in [1.54, 1.807) is 19.2 Å². The van der Waals surface area contributed by atoms with Gasteiger partial charge in [0.15, 0.2) is 6.10 Å². The molecule has 0 radical (unpaired) electrons. The maximum Gasteiger partial charge on any atom is 0.281 e. The van der Waals surface area contributed by atoms with E-state index in [2.05, 4.69) is 26.5 Å². The van der Waals surface area contributed by atoms with Crippen LogP contribution in [-0.4, -0.2) is 31.9 Å². The van der Waals surface area contributed by atoms with Crippen LogP contribution in [0.15, 0.2) is 64.2 Å². The molecule has 0 saturated carbocycles. The molecule has 3 rings (SSSR count). The molecule has 0 spiro atoms. The van der Waals surface area contributed by atoms with Crippen molar-refractivity contribution in [1.29, 1.82) is 0 Å². The number of nitrogens with zero attached hydrogens (tertiary/aromatic N) is 1. The summed E-state index contributed by atoms with van der Waals surface area (Å²) in [5.74, 6) is 1.60. The van der Waals surface area contributed by atoms with Gasteiger partial charge in [-0.2, -0.15) is 5.10 Å². The Bertz CT molecular complexity index is 1080. The van der Waals surface area contributed by atoms with Gasteiger partial charge in [-0.05, 0) is 64.3 Å². The Labute approximate surface area is 190 Å². The van der Waals surface area contributed by atoms with Crippen molar-refractivity contribution in [3.8, 4) is 17.2 Å². The highest BCUT2D eigenvalue weighted by Crippen LogP contribution is 2.33. The second-order valence-corrected chi connectivity index (χ2v) is 7.48. The van der Waals surface area contributed by atoms with E-state index in [1.807, 2.05) is 56.3 Å². The Morgan fingerprint density at radius 3 is 2.65 bits per heavy atom. The van der Waals surface area contributed by atoms with Gasteiger partial charge in [0.25, 0.3) is 5.91 Å². The molecule has 0 saturated heterocycles. The molecular weight excluding hydrogens is 460 g/mol. The molecule has 0 aliphatic rings. The number of ether oxygens (including phenoxy) is 3. The van der Waals surface area contributed by atoms with Crippen molar-refractivity contribution in [3.05, 3.63) is 64.6 Å². The smallest absolute Gasteiger partial charge is 0.281 e. The highest BCUT2D eigenvalue weighted by Gasteiger charge is 2.20. The molecule has 0 aliphatic carbocycles. The van der Waals surface area contributed by atoms with Crippen LogP contribution in [0.5, 0.6) is 17.2 Å². The molecule has 0 aromatic heterocycles. The highest BCUT2D eigenvalue weighted by molar-refractivity contribution is 9.10. The minimum atomic E-state index is -0.689. The van der Waals surface area contributed by atoms with Crippen LogP contribution in [-0.2, 0) is 4.79 Å². The van der Waals surface area contributed by atoms with E-state index in [-0.39, 0.29) is 5.91 Å². The molecule has 0 aliphatic heterocycles. The number of amides is 1. The van der Waals surface area contributed by atoms with Crippen molar-refractivity contribution in [3.63, 3.8) is 0 Å².